The van der Waals surface area contributed by atoms with Crippen molar-refractivity contribution >= 4 is 23.3 Å². The molecule has 0 amide bonds. The Bertz CT molecular complexity index is 510. The number of hydrogen-bond donors (Lipinski definition) is 1. The molecule has 1 aromatic rings. The third kappa shape index (κ3) is 4.63. The predicted octanol–water partition coefficient (Wildman–Crippen LogP) is 2.46. The Morgan fingerprint density at radius 2 is 2.11 bits per heavy atom. The molecular weight excluding hydrogens is 267 g/mol. The summed E-state index contributed by atoms with van der Waals surface area (Å²) >= 11 is 1.46. The number of nitrogens with one attached hydrogen (secondary N) is 1. The highest BCUT2D eigenvalue weighted by Gasteiger charge is 2.21. The first-order valence-corrected chi connectivity index (χ1v) is 6.80. The summed E-state index contributed by atoms with van der Waals surface area (Å²) in [5.41, 5.74) is 0.805. The second-order valence-corrected chi connectivity index (χ2v) is 6.70. The van der Waals surface area contributed by atoms with Crippen LogP contribution in [0.4, 0.5) is 10.1 Å². The van der Waals surface area contributed by atoms with Gasteiger partial charge < -0.3 is 0 Å². The van der Waals surface area contributed by atoms with Crippen LogP contribution in [0, 0.1) is 15.9 Å². The van der Waals surface area contributed by atoms with Crippen molar-refractivity contribution in [2.75, 3.05) is 0 Å². The van der Waals surface area contributed by atoms with Gasteiger partial charge in [0.25, 0.3) is 5.69 Å². The van der Waals surface area contributed by atoms with Crippen LogP contribution in [-0.4, -0.2) is 15.4 Å². The SMILES string of the molecule is CC/C(=[NH+]\SC(C)(C)C)c1cc([N+](=O)[O-])ccc1F. The van der Waals surface area contributed by atoms with Crippen molar-refractivity contribution in [1.29, 1.82) is 0 Å². The Labute approximate surface area is 116 Å². The van der Waals surface area contributed by atoms with Crippen molar-refractivity contribution < 1.29 is 13.7 Å². The fourth-order valence-corrected chi connectivity index (χ4v) is 2.07. The van der Waals surface area contributed by atoms with Crippen LogP contribution in [0.1, 0.15) is 39.7 Å². The molecule has 0 aliphatic carbocycles. The van der Waals surface area contributed by atoms with Crippen molar-refractivity contribution in [3.63, 3.8) is 0 Å². The van der Waals surface area contributed by atoms with Gasteiger partial charge >= 0.3 is 0 Å². The molecule has 1 N–H and O–H groups in total. The first-order chi connectivity index (χ1) is 8.74. The summed E-state index contributed by atoms with van der Waals surface area (Å²) in [5, 5.41) is 10.7. The Kier molecular flexibility index (Phi) is 5.05. The van der Waals surface area contributed by atoms with Crippen LogP contribution >= 0.6 is 11.9 Å². The van der Waals surface area contributed by atoms with Crippen LogP contribution < -0.4 is 4.40 Å². The maximum atomic E-state index is 13.8. The molecule has 1 aromatic carbocycles. The van der Waals surface area contributed by atoms with Crippen molar-refractivity contribution in [2.45, 2.75) is 38.9 Å². The highest BCUT2D eigenvalue weighted by molar-refractivity contribution is 7.94. The van der Waals surface area contributed by atoms with Crippen LogP contribution in [-0.2, 0) is 0 Å². The zero-order valence-electron chi connectivity index (χ0n) is 11.5. The highest BCUT2D eigenvalue weighted by Crippen LogP contribution is 2.18. The minimum atomic E-state index is -0.521. The summed E-state index contributed by atoms with van der Waals surface area (Å²) in [6.45, 7) is 7.97. The van der Waals surface area contributed by atoms with Crippen LogP contribution in [0.3, 0.4) is 0 Å². The molecule has 0 aliphatic heterocycles. The molecule has 0 radical (unpaired) electrons. The van der Waals surface area contributed by atoms with Crippen LogP contribution in [0.15, 0.2) is 18.2 Å². The second kappa shape index (κ2) is 6.14. The number of rotatable bonds is 4. The van der Waals surface area contributed by atoms with Crippen LogP contribution in [0.5, 0.6) is 0 Å². The smallest absolute Gasteiger partial charge is 0.258 e. The van der Waals surface area contributed by atoms with Crippen LogP contribution in [0.25, 0.3) is 0 Å². The van der Waals surface area contributed by atoms with Gasteiger partial charge in [-0.3, -0.25) is 10.1 Å². The van der Waals surface area contributed by atoms with Gasteiger partial charge in [0.2, 0.25) is 0 Å². The lowest BCUT2D eigenvalue weighted by atomic mass is 10.1. The average Bonchev–Trinajstić information content (AvgIpc) is 2.30. The molecule has 1 rings (SSSR count). The first kappa shape index (κ1) is 15.6. The molecule has 0 spiro atoms. The van der Waals surface area contributed by atoms with E-state index in [0.717, 1.165) is 6.07 Å². The number of nitro benzene ring substituents is 1. The van der Waals surface area contributed by atoms with Gasteiger partial charge in [-0.05, 0) is 26.8 Å². The Morgan fingerprint density at radius 3 is 2.58 bits per heavy atom. The standard InChI is InChI=1S/C13H17FN2O2S/c1-5-12(15-19-13(2,3)4)10-8-9(16(17)18)6-7-11(10)14/h6-8H,5H2,1-4H3/p+1/b15-12+. The van der Waals surface area contributed by atoms with E-state index in [4.69, 9.17) is 0 Å². The van der Waals surface area contributed by atoms with Gasteiger partial charge in [0, 0.05) is 18.6 Å². The Hall–Kier alpha value is -1.43. The molecule has 0 fully saturated rings. The lowest BCUT2D eigenvalue weighted by Gasteiger charge is -2.08. The minimum absolute atomic E-state index is 0.0301. The quantitative estimate of drug-likeness (QED) is 0.400. The third-order valence-corrected chi connectivity index (χ3v) is 3.28. The summed E-state index contributed by atoms with van der Waals surface area (Å²) < 4.78 is 16.9. The fraction of sp³-hybridized carbons (Fsp3) is 0.462. The molecule has 0 unspecified atom stereocenters. The maximum Gasteiger partial charge on any atom is 0.270 e. The van der Waals surface area contributed by atoms with Crippen molar-refractivity contribution in [1.82, 2.24) is 0 Å². The monoisotopic (exact) mass is 285 g/mol. The number of nitro groups is 1. The van der Waals surface area contributed by atoms with Gasteiger partial charge in [-0.2, -0.15) is 4.40 Å². The van der Waals surface area contributed by atoms with E-state index in [1.54, 1.807) is 0 Å². The molecule has 104 valence electrons. The van der Waals surface area contributed by atoms with E-state index in [0.29, 0.717) is 12.1 Å². The first-order valence-electron chi connectivity index (χ1n) is 5.98. The van der Waals surface area contributed by atoms with Crippen LogP contribution in [0.2, 0.25) is 0 Å². The summed E-state index contributed by atoms with van der Waals surface area (Å²) in [6, 6.07) is 3.57. The Morgan fingerprint density at radius 1 is 1.47 bits per heavy atom. The number of hydrogen-bond acceptors (Lipinski definition) is 3. The average molecular weight is 285 g/mol. The number of nitrogens with zero attached hydrogens (tertiary/aromatic N) is 1. The largest absolute Gasteiger partial charge is 0.270 e. The normalized spacial score (nSPS) is 12.6. The van der Waals surface area contributed by atoms with Gasteiger partial charge in [-0.15, -0.1) is 0 Å². The summed E-state index contributed by atoms with van der Waals surface area (Å²) in [4.78, 5) is 10.2. The molecule has 0 aliphatic rings. The molecule has 0 heterocycles. The predicted molar refractivity (Wildman–Crippen MR) is 75.8 cm³/mol. The van der Waals surface area contributed by atoms with Gasteiger partial charge in [0.1, 0.15) is 5.82 Å². The fourth-order valence-electron chi connectivity index (χ4n) is 1.39. The summed E-state index contributed by atoms with van der Waals surface area (Å²) in [5.74, 6) is -0.454. The maximum absolute atomic E-state index is 13.8. The number of non-ortho nitro benzene ring substituents is 1. The second-order valence-electron chi connectivity index (χ2n) is 5.07. The lowest BCUT2D eigenvalue weighted by molar-refractivity contribution is -0.385. The van der Waals surface area contributed by atoms with E-state index < -0.39 is 10.7 Å². The van der Waals surface area contributed by atoms with E-state index >= 15 is 0 Å². The van der Waals surface area contributed by atoms with Gasteiger partial charge in [0.05, 0.1) is 15.2 Å². The van der Waals surface area contributed by atoms with E-state index in [9.17, 15) is 14.5 Å². The lowest BCUT2D eigenvalue weighted by Crippen LogP contribution is -2.66. The molecule has 0 atom stereocenters. The van der Waals surface area contributed by atoms with Crippen molar-refractivity contribution in [3.8, 4) is 0 Å². The van der Waals surface area contributed by atoms with Gasteiger partial charge in [-0.25, -0.2) is 4.39 Å². The Balaban J connectivity index is 3.17. The third-order valence-electron chi connectivity index (χ3n) is 2.32. The zero-order valence-corrected chi connectivity index (χ0v) is 12.3. The molecule has 0 bridgehead atoms. The number of benzene rings is 1. The molecular formula is C13H18FN2O2S+. The summed E-state index contributed by atoms with van der Waals surface area (Å²) in [7, 11) is 0. The van der Waals surface area contributed by atoms with E-state index in [2.05, 4.69) is 4.40 Å². The molecule has 4 nitrogen and oxygen atoms in total. The molecule has 0 saturated carbocycles. The van der Waals surface area contributed by atoms with Crippen molar-refractivity contribution in [2.24, 2.45) is 0 Å². The molecule has 6 heteroatoms. The van der Waals surface area contributed by atoms with E-state index in [1.165, 1.54) is 24.1 Å². The number of halogens is 1. The molecule has 19 heavy (non-hydrogen) atoms. The van der Waals surface area contributed by atoms with Gasteiger partial charge in [0.15, 0.2) is 17.7 Å². The van der Waals surface area contributed by atoms with E-state index in [-0.39, 0.29) is 16.0 Å². The molecule has 0 aromatic heterocycles. The van der Waals surface area contributed by atoms with E-state index in [1.807, 2.05) is 27.7 Å². The van der Waals surface area contributed by atoms with Crippen molar-refractivity contribution in [3.05, 3.63) is 39.7 Å². The summed E-state index contributed by atoms with van der Waals surface area (Å²) in [6.07, 6.45) is 0.571. The topological polar surface area (TPSA) is 57.1 Å². The minimum Gasteiger partial charge on any atom is -0.258 e. The highest BCUT2D eigenvalue weighted by atomic mass is 32.2. The molecule has 0 saturated heterocycles. The van der Waals surface area contributed by atoms with Gasteiger partial charge in [-0.1, -0.05) is 6.92 Å². The zero-order chi connectivity index (χ0) is 14.6.